The van der Waals surface area contributed by atoms with Crippen LogP contribution in [0, 0.1) is 19.7 Å². The summed E-state index contributed by atoms with van der Waals surface area (Å²) >= 11 is 7.48. The van der Waals surface area contributed by atoms with E-state index in [0.717, 1.165) is 21.9 Å². The number of aryl methyl sites for hydroxylation is 2. The van der Waals surface area contributed by atoms with E-state index < -0.39 is 11.7 Å². The van der Waals surface area contributed by atoms with Crippen LogP contribution in [0.2, 0.25) is 5.02 Å². The van der Waals surface area contributed by atoms with Crippen LogP contribution in [0.3, 0.4) is 0 Å². The van der Waals surface area contributed by atoms with Gasteiger partial charge in [-0.3, -0.25) is 10.1 Å². The Morgan fingerprint density at radius 2 is 1.90 bits per heavy atom. The van der Waals surface area contributed by atoms with Crippen molar-refractivity contribution in [3.63, 3.8) is 0 Å². The zero-order valence-corrected chi connectivity index (χ0v) is 18.4. The van der Waals surface area contributed by atoms with Gasteiger partial charge in [-0.15, -0.1) is 11.3 Å². The molecule has 0 aliphatic heterocycles. The molecule has 2 aromatic heterocycles. The lowest BCUT2D eigenvalue weighted by Crippen LogP contribution is -2.13. The minimum atomic E-state index is -0.596. The lowest BCUT2D eigenvalue weighted by Gasteiger charge is -2.06. The monoisotopic (exact) mass is 457 g/mol. The number of hydrogen-bond donors (Lipinski definition) is 1. The number of methoxy groups -OCH3 is 1. The molecule has 0 fully saturated rings. The molecule has 0 aliphatic rings. The van der Waals surface area contributed by atoms with Crippen molar-refractivity contribution in [3.8, 4) is 28.3 Å². The maximum atomic E-state index is 14.4. The summed E-state index contributed by atoms with van der Waals surface area (Å²) in [5.74, 6) is -0.118. The van der Waals surface area contributed by atoms with Gasteiger partial charge in [0.25, 0.3) is 5.91 Å². The lowest BCUT2D eigenvalue weighted by molar-refractivity contribution is 0.102. The largest absolute Gasteiger partial charge is 0.497 e. The Labute approximate surface area is 186 Å². The highest BCUT2D eigenvalue weighted by molar-refractivity contribution is 7.16. The van der Waals surface area contributed by atoms with Gasteiger partial charge in [0.05, 0.1) is 23.4 Å². The maximum absolute atomic E-state index is 14.4. The summed E-state index contributed by atoms with van der Waals surface area (Å²) in [5.41, 5.74) is 1.81. The molecular formula is C22H17ClFN3O3S. The number of aromatic nitrogens is 2. The molecule has 0 saturated carbocycles. The number of nitrogens with one attached hydrogen (secondary N) is 1. The third-order valence-corrected chi connectivity index (χ3v) is 5.87. The molecular weight excluding hydrogens is 441 g/mol. The standard InChI is InChI=1S/C22H17ClFN3O3S/c1-11-17(20(27-30-11)18-15(23)5-4-6-16(18)24)21(28)26-22-25-19(12(2)31-22)13-7-9-14(29-3)10-8-13/h4-10H,1-3H3,(H,25,26,28). The molecule has 0 unspecified atom stereocenters. The minimum absolute atomic E-state index is 0.0143. The van der Waals surface area contributed by atoms with Gasteiger partial charge in [0.15, 0.2) is 5.13 Å². The quantitative estimate of drug-likeness (QED) is 0.389. The Hall–Kier alpha value is -3.23. The summed E-state index contributed by atoms with van der Waals surface area (Å²) < 4.78 is 24.8. The molecule has 0 spiro atoms. The molecule has 0 aliphatic carbocycles. The molecule has 1 amide bonds. The summed E-state index contributed by atoms with van der Waals surface area (Å²) in [5, 5.41) is 7.17. The van der Waals surface area contributed by atoms with Gasteiger partial charge < -0.3 is 9.26 Å². The van der Waals surface area contributed by atoms with Crippen LogP contribution in [-0.2, 0) is 0 Å². The van der Waals surface area contributed by atoms with E-state index >= 15 is 0 Å². The van der Waals surface area contributed by atoms with Gasteiger partial charge in [0.2, 0.25) is 0 Å². The van der Waals surface area contributed by atoms with Crippen LogP contribution in [0.4, 0.5) is 9.52 Å². The van der Waals surface area contributed by atoms with Gasteiger partial charge in [-0.1, -0.05) is 22.8 Å². The van der Waals surface area contributed by atoms with Crippen LogP contribution in [0.5, 0.6) is 5.75 Å². The number of nitrogens with zero attached hydrogens (tertiary/aromatic N) is 2. The third-order valence-electron chi connectivity index (χ3n) is 4.67. The Morgan fingerprint density at radius 3 is 2.58 bits per heavy atom. The van der Waals surface area contributed by atoms with Crippen molar-refractivity contribution >= 4 is 34.0 Å². The lowest BCUT2D eigenvalue weighted by atomic mass is 10.1. The topological polar surface area (TPSA) is 77.2 Å². The molecule has 158 valence electrons. The number of amides is 1. The van der Waals surface area contributed by atoms with E-state index in [-0.39, 0.29) is 27.6 Å². The van der Waals surface area contributed by atoms with Crippen molar-refractivity contribution < 1.29 is 18.4 Å². The van der Waals surface area contributed by atoms with Gasteiger partial charge in [-0.2, -0.15) is 0 Å². The second-order valence-corrected chi connectivity index (χ2v) is 8.28. The number of hydrogen-bond acceptors (Lipinski definition) is 6. The van der Waals surface area contributed by atoms with Crippen molar-refractivity contribution in [2.24, 2.45) is 0 Å². The number of carbonyl (C=O) groups is 1. The summed E-state index contributed by atoms with van der Waals surface area (Å²) in [6.45, 7) is 3.50. The summed E-state index contributed by atoms with van der Waals surface area (Å²) in [4.78, 5) is 18.5. The molecule has 4 rings (SSSR count). The van der Waals surface area contributed by atoms with E-state index in [9.17, 15) is 9.18 Å². The molecule has 0 radical (unpaired) electrons. The first-order valence-corrected chi connectivity index (χ1v) is 10.4. The highest BCUT2D eigenvalue weighted by Crippen LogP contribution is 2.35. The maximum Gasteiger partial charge on any atom is 0.263 e. The molecule has 1 N–H and O–H groups in total. The van der Waals surface area contributed by atoms with E-state index in [0.29, 0.717) is 5.13 Å². The fraction of sp³-hybridized carbons (Fsp3) is 0.136. The second-order valence-electron chi connectivity index (χ2n) is 6.67. The molecule has 31 heavy (non-hydrogen) atoms. The zero-order valence-electron chi connectivity index (χ0n) is 16.8. The molecule has 0 atom stereocenters. The Bertz CT molecular complexity index is 1250. The highest BCUT2D eigenvalue weighted by Gasteiger charge is 2.26. The smallest absolute Gasteiger partial charge is 0.263 e. The predicted octanol–water partition coefficient (Wildman–Crippen LogP) is 6.14. The molecule has 9 heteroatoms. The van der Waals surface area contributed by atoms with Crippen LogP contribution in [0.1, 0.15) is 21.0 Å². The van der Waals surface area contributed by atoms with Crippen molar-refractivity contribution in [1.82, 2.24) is 10.1 Å². The normalized spacial score (nSPS) is 10.9. The average Bonchev–Trinajstić information content (AvgIpc) is 3.30. The van der Waals surface area contributed by atoms with Gasteiger partial charge in [0, 0.05) is 10.4 Å². The first-order valence-electron chi connectivity index (χ1n) is 9.23. The van der Waals surface area contributed by atoms with Gasteiger partial charge in [0.1, 0.15) is 28.6 Å². The summed E-state index contributed by atoms with van der Waals surface area (Å²) in [6.07, 6.45) is 0. The van der Waals surface area contributed by atoms with E-state index in [2.05, 4.69) is 15.5 Å². The number of thiazole rings is 1. The summed E-state index contributed by atoms with van der Waals surface area (Å²) in [7, 11) is 1.60. The molecule has 2 heterocycles. The van der Waals surface area contributed by atoms with Crippen LogP contribution in [0.25, 0.3) is 22.5 Å². The van der Waals surface area contributed by atoms with Crippen LogP contribution < -0.4 is 10.1 Å². The Balaban J connectivity index is 1.65. The Morgan fingerprint density at radius 1 is 1.16 bits per heavy atom. The first kappa shape index (κ1) is 21.0. The zero-order chi connectivity index (χ0) is 22.1. The Kier molecular flexibility index (Phi) is 5.75. The number of benzene rings is 2. The first-order chi connectivity index (χ1) is 14.9. The predicted molar refractivity (Wildman–Crippen MR) is 118 cm³/mol. The molecule has 4 aromatic rings. The van der Waals surface area contributed by atoms with Gasteiger partial charge >= 0.3 is 0 Å². The van der Waals surface area contributed by atoms with Crippen molar-refractivity contribution in [2.45, 2.75) is 13.8 Å². The van der Waals surface area contributed by atoms with E-state index in [1.165, 1.54) is 29.5 Å². The molecule has 6 nitrogen and oxygen atoms in total. The number of carbonyl (C=O) groups excluding carboxylic acids is 1. The fourth-order valence-electron chi connectivity index (χ4n) is 3.16. The van der Waals surface area contributed by atoms with E-state index in [1.54, 1.807) is 14.0 Å². The number of halogens is 2. The van der Waals surface area contributed by atoms with Gasteiger partial charge in [-0.05, 0) is 50.2 Å². The molecule has 0 saturated heterocycles. The molecule has 0 bridgehead atoms. The van der Waals surface area contributed by atoms with E-state index in [4.69, 9.17) is 20.9 Å². The van der Waals surface area contributed by atoms with Gasteiger partial charge in [-0.25, -0.2) is 9.37 Å². The van der Waals surface area contributed by atoms with Crippen LogP contribution in [-0.4, -0.2) is 23.2 Å². The average molecular weight is 458 g/mol. The van der Waals surface area contributed by atoms with E-state index in [1.807, 2.05) is 31.2 Å². The fourth-order valence-corrected chi connectivity index (χ4v) is 4.24. The highest BCUT2D eigenvalue weighted by atomic mass is 35.5. The van der Waals surface area contributed by atoms with Crippen LogP contribution >= 0.6 is 22.9 Å². The molecule has 2 aromatic carbocycles. The third kappa shape index (κ3) is 4.04. The SMILES string of the molecule is COc1ccc(-c2nc(NC(=O)c3c(-c4c(F)cccc4Cl)noc3C)sc2C)cc1. The number of anilines is 1. The number of rotatable bonds is 5. The van der Waals surface area contributed by atoms with Crippen LogP contribution in [0.15, 0.2) is 47.0 Å². The van der Waals surface area contributed by atoms with Crippen molar-refractivity contribution in [2.75, 3.05) is 12.4 Å². The summed E-state index contributed by atoms with van der Waals surface area (Å²) in [6, 6.07) is 11.7. The van der Waals surface area contributed by atoms with Crippen molar-refractivity contribution in [1.29, 1.82) is 0 Å². The minimum Gasteiger partial charge on any atom is -0.497 e. The van der Waals surface area contributed by atoms with Crippen molar-refractivity contribution in [3.05, 3.63) is 69.5 Å². The second kappa shape index (κ2) is 8.49. The number of ether oxygens (including phenoxy) is 1.